The maximum absolute atomic E-state index is 2.34. The van der Waals surface area contributed by atoms with Crippen LogP contribution >= 0.6 is 0 Å². The van der Waals surface area contributed by atoms with E-state index in [1.807, 2.05) is 0 Å². The van der Waals surface area contributed by atoms with Gasteiger partial charge in [-0.1, -0.05) is 59.8 Å². The van der Waals surface area contributed by atoms with Gasteiger partial charge in [-0.05, 0) is 51.4 Å². The second-order valence-electron chi connectivity index (χ2n) is 7.42. The van der Waals surface area contributed by atoms with E-state index >= 15 is 0 Å². The second-order valence-corrected chi connectivity index (χ2v) is 7.42. The summed E-state index contributed by atoms with van der Waals surface area (Å²) in [5.74, 6) is 0. The normalized spacial score (nSPS) is 11.5. The molecule has 0 bridgehead atoms. The van der Waals surface area contributed by atoms with Crippen LogP contribution in [0.4, 0.5) is 0 Å². The number of nitrogens with zero attached hydrogens (tertiary/aromatic N) is 1. The van der Waals surface area contributed by atoms with Crippen molar-refractivity contribution in [2.75, 3.05) is 26.2 Å². The lowest BCUT2D eigenvalue weighted by Gasteiger charge is -2.39. The van der Waals surface area contributed by atoms with Gasteiger partial charge in [-0.15, -0.1) is 0 Å². The van der Waals surface area contributed by atoms with Crippen molar-refractivity contribution in [2.45, 2.75) is 111 Å². The molecule has 0 spiro atoms. The Balaban J connectivity index is 0. The standard InChI is InChI=1S/C21H46N.H2O/c1-5-9-13-17-21-22(18-14-10-6-2,19-15-11-7-3)20-16-12-8-4;/h5-21H2,1-4H3;1H2/q+1;/p-1. The summed E-state index contributed by atoms with van der Waals surface area (Å²) in [5, 5.41) is 0. The highest BCUT2D eigenvalue weighted by atomic mass is 16.0. The fourth-order valence-electron chi connectivity index (χ4n) is 3.64. The Morgan fingerprint density at radius 2 is 0.652 bits per heavy atom. The third kappa shape index (κ3) is 14.0. The van der Waals surface area contributed by atoms with Crippen molar-refractivity contribution in [3.8, 4) is 0 Å². The quantitative estimate of drug-likeness (QED) is 0.214. The number of quaternary nitrogens is 1. The minimum Gasteiger partial charge on any atom is -0.870 e. The maximum atomic E-state index is 2.34. The zero-order valence-corrected chi connectivity index (χ0v) is 16.9. The Kier molecular flexibility index (Phi) is 20.0. The first kappa shape index (κ1) is 25.2. The summed E-state index contributed by atoms with van der Waals surface area (Å²) < 4.78 is 1.45. The molecule has 0 aromatic rings. The average molecular weight is 330 g/mol. The average Bonchev–Trinajstić information content (AvgIpc) is 2.52. The van der Waals surface area contributed by atoms with E-state index in [0.29, 0.717) is 0 Å². The van der Waals surface area contributed by atoms with Gasteiger partial charge in [-0.25, -0.2) is 0 Å². The molecular weight excluding hydrogens is 282 g/mol. The Hall–Kier alpha value is -0.0800. The Labute approximate surface area is 147 Å². The lowest BCUT2D eigenvalue weighted by molar-refractivity contribution is -0.929. The van der Waals surface area contributed by atoms with Gasteiger partial charge in [0, 0.05) is 0 Å². The summed E-state index contributed by atoms with van der Waals surface area (Å²) in [6.07, 6.45) is 18.4. The van der Waals surface area contributed by atoms with Gasteiger partial charge in [0.05, 0.1) is 26.2 Å². The van der Waals surface area contributed by atoms with E-state index in [1.54, 1.807) is 0 Å². The van der Waals surface area contributed by atoms with Crippen molar-refractivity contribution >= 4 is 0 Å². The first-order valence-corrected chi connectivity index (χ1v) is 10.6. The molecular formula is C21H47NO. The van der Waals surface area contributed by atoms with Gasteiger partial charge in [0.2, 0.25) is 0 Å². The van der Waals surface area contributed by atoms with Crippen LogP contribution in [0, 0.1) is 0 Å². The summed E-state index contributed by atoms with van der Waals surface area (Å²) in [5.41, 5.74) is 0. The summed E-state index contributed by atoms with van der Waals surface area (Å²) in [4.78, 5) is 0. The molecule has 0 unspecified atom stereocenters. The zero-order valence-electron chi connectivity index (χ0n) is 16.9. The van der Waals surface area contributed by atoms with Gasteiger partial charge < -0.3 is 9.96 Å². The topological polar surface area (TPSA) is 30.0 Å². The number of hydrogen-bond donors (Lipinski definition) is 0. The minimum atomic E-state index is 0. The molecule has 0 fully saturated rings. The molecule has 0 atom stereocenters. The highest BCUT2D eigenvalue weighted by molar-refractivity contribution is 4.52. The Morgan fingerprint density at radius 3 is 0.957 bits per heavy atom. The van der Waals surface area contributed by atoms with E-state index in [1.165, 1.54) is 114 Å². The van der Waals surface area contributed by atoms with E-state index in [0.717, 1.165) is 0 Å². The van der Waals surface area contributed by atoms with Crippen LogP contribution in [0.2, 0.25) is 0 Å². The van der Waals surface area contributed by atoms with Crippen molar-refractivity contribution in [3.63, 3.8) is 0 Å². The highest BCUT2D eigenvalue weighted by Gasteiger charge is 2.25. The Bertz CT molecular complexity index is 191. The smallest absolute Gasteiger partial charge is 0.0786 e. The van der Waals surface area contributed by atoms with Crippen LogP contribution in [0.3, 0.4) is 0 Å². The highest BCUT2D eigenvalue weighted by Crippen LogP contribution is 2.18. The first-order valence-electron chi connectivity index (χ1n) is 10.6. The monoisotopic (exact) mass is 329 g/mol. The van der Waals surface area contributed by atoms with Crippen LogP contribution < -0.4 is 0 Å². The number of unbranched alkanes of at least 4 members (excludes halogenated alkanes) is 9. The van der Waals surface area contributed by atoms with Crippen molar-refractivity contribution in [2.24, 2.45) is 0 Å². The molecule has 142 valence electrons. The number of rotatable bonds is 17. The van der Waals surface area contributed by atoms with Gasteiger partial charge in [-0.3, -0.25) is 0 Å². The van der Waals surface area contributed by atoms with Gasteiger partial charge >= 0.3 is 0 Å². The zero-order chi connectivity index (χ0) is 16.5. The molecule has 0 radical (unpaired) electrons. The van der Waals surface area contributed by atoms with Crippen LogP contribution in [0.1, 0.15) is 111 Å². The van der Waals surface area contributed by atoms with Crippen LogP contribution in [0.5, 0.6) is 0 Å². The SMILES string of the molecule is CCCCCC[N+](CCCCC)(CCCCC)CCCCC.[OH-]. The van der Waals surface area contributed by atoms with E-state index in [4.69, 9.17) is 0 Å². The molecule has 0 aromatic carbocycles. The molecule has 2 nitrogen and oxygen atoms in total. The molecule has 0 saturated carbocycles. The fraction of sp³-hybridized carbons (Fsp3) is 1.00. The van der Waals surface area contributed by atoms with Crippen molar-refractivity contribution in [1.29, 1.82) is 0 Å². The van der Waals surface area contributed by atoms with Crippen LogP contribution in [-0.2, 0) is 0 Å². The fourth-order valence-corrected chi connectivity index (χ4v) is 3.64. The molecule has 0 aliphatic rings. The van der Waals surface area contributed by atoms with Crippen molar-refractivity contribution in [3.05, 3.63) is 0 Å². The van der Waals surface area contributed by atoms with E-state index in [9.17, 15) is 0 Å². The molecule has 0 amide bonds. The van der Waals surface area contributed by atoms with Crippen molar-refractivity contribution in [1.82, 2.24) is 0 Å². The Morgan fingerprint density at radius 1 is 0.391 bits per heavy atom. The molecule has 0 rings (SSSR count). The molecule has 0 saturated heterocycles. The third-order valence-corrected chi connectivity index (χ3v) is 5.19. The molecule has 0 aromatic heterocycles. The first-order chi connectivity index (χ1) is 10.7. The van der Waals surface area contributed by atoms with Crippen LogP contribution in [-0.4, -0.2) is 36.1 Å². The lowest BCUT2D eigenvalue weighted by Crippen LogP contribution is -2.50. The summed E-state index contributed by atoms with van der Waals surface area (Å²) in [7, 11) is 0. The molecule has 1 N–H and O–H groups in total. The summed E-state index contributed by atoms with van der Waals surface area (Å²) in [6.45, 7) is 15.1. The predicted molar refractivity (Wildman–Crippen MR) is 104 cm³/mol. The molecule has 0 aliphatic heterocycles. The molecule has 0 heterocycles. The van der Waals surface area contributed by atoms with Crippen LogP contribution in [0.15, 0.2) is 0 Å². The van der Waals surface area contributed by atoms with Gasteiger partial charge in [0.25, 0.3) is 0 Å². The van der Waals surface area contributed by atoms with Crippen LogP contribution in [0.25, 0.3) is 0 Å². The lowest BCUT2D eigenvalue weighted by atomic mass is 10.1. The minimum absolute atomic E-state index is 0. The van der Waals surface area contributed by atoms with E-state index < -0.39 is 0 Å². The summed E-state index contributed by atoms with van der Waals surface area (Å²) in [6, 6.07) is 0. The third-order valence-electron chi connectivity index (χ3n) is 5.19. The predicted octanol–water partition coefficient (Wildman–Crippen LogP) is 6.78. The van der Waals surface area contributed by atoms with Crippen molar-refractivity contribution < 1.29 is 9.96 Å². The van der Waals surface area contributed by atoms with E-state index in [2.05, 4.69) is 27.7 Å². The van der Waals surface area contributed by atoms with Gasteiger partial charge in [0.15, 0.2) is 0 Å². The van der Waals surface area contributed by atoms with E-state index in [-0.39, 0.29) is 5.48 Å². The molecule has 23 heavy (non-hydrogen) atoms. The molecule has 0 aliphatic carbocycles. The maximum Gasteiger partial charge on any atom is 0.0786 e. The summed E-state index contributed by atoms with van der Waals surface area (Å²) >= 11 is 0. The van der Waals surface area contributed by atoms with Gasteiger partial charge in [0.1, 0.15) is 0 Å². The second kappa shape index (κ2) is 18.3. The number of hydrogen-bond acceptors (Lipinski definition) is 1. The largest absolute Gasteiger partial charge is 0.870 e. The molecule has 2 heteroatoms. The van der Waals surface area contributed by atoms with Gasteiger partial charge in [-0.2, -0.15) is 0 Å².